The molecule has 0 fully saturated rings. The molecular weight excluding hydrogens is 168 g/mol. The van der Waals surface area contributed by atoms with Crippen molar-refractivity contribution < 1.29 is 9.59 Å². The third-order valence-corrected chi connectivity index (χ3v) is 2.52. The largest absolute Gasteiger partial charge is 0.352 e. The van der Waals surface area contributed by atoms with E-state index in [9.17, 15) is 9.59 Å². The maximum Gasteiger partial charge on any atom is 0.181 e. The van der Waals surface area contributed by atoms with Gasteiger partial charge in [-0.3, -0.25) is 9.59 Å². The number of likely N-dealkylation sites (N-methyl/N-ethyl adjacent to an activating group) is 2. The second-order valence-electron chi connectivity index (χ2n) is 3.58. The van der Waals surface area contributed by atoms with Gasteiger partial charge in [-0.05, 0) is 0 Å². The summed E-state index contributed by atoms with van der Waals surface area (Å²) in [4.78, 5) is 26.7. The molecule has 0 saturated carbocycles. The normalized spacial score (nSPS) is 22.9. The maximum atomic E-state index is 11.5. The van der Waals surface area contributed by atoms with Crippen LogP contribution in [0.3, 0.4) is 0 Å². The van der Waals surface area contributed by atoms with Crippen molar-refractivity contribution in [2.75, 3.05) is 20.8 Å². The number of hydrogen-bond donors (Lipinski definition) is 0. The summed E-state index contributed by atoms with van der Waals surface area (Å²) in [5.74, 6) is 0.197. The molecule has 0 saturated heterocycles. The summed E-state index contributed by atoms with van der Waals surface area (Å²) in [5, 5.41) is 0. The SMILES string of the molecule is CN1CN(C)C2=C1C(=O)CCC2=O. The van der Waals surface area contributed by atoms with Crippen molar-refractivity contribution in [1.82, 2.24) is 9.80 Å². The van der Waals surface area contributed by atoms with Gasteiger partial charge in [0.25, 0.3) is 0 Å². The van der Waals surface area contributed by atoms with E-state index in [1.807, 2.05) is 23.9 Å². The molecule has 0 unspecified atom stereocenters. The molecule has 0 radical (unpaired) electrons. The van der Waals surface area contributed by atoms with Gasteiger partial charge in [0.05, 0.1) is 6.67 Å². The molecule has 0 bridgehead atoms. The molecular formula is C9H12N2O2. The highest BCUT2D eigenvalue weighted by Crippen LogP contribution is 2.28. The van der Waals surface area contributed by atoms with Gasteiger partial charge in [0.1, 0.15) is 11.4 Å². The van der Waals surface area contributed by atoms with E-state index in [0.29, 0.717) is 30.9 Å². The van der Waals surface area contributed by atoms with Crippen LogP contribution in [0.2, 0.25) is 0 Å². The quantitative estimate of drug-likeness (QED) is 0.524. The topological polar surface area (TPSA) is 40.6 Å². The number of carbonyl (C=O) groups excluding carboxylic acids is 2. The van der Waals surface area contributed by atoms with Gasteiger partial charge in [-0.1, -0.05) is 0 Å². The Hall–Kier alpha value is -1.32. The summed E-state index contributed by atoms with van der Waals surface area (Å²) in [6.07, 6.45) is 0.742. The Balaban J connectivity index is 2.50. The van der Waals surface area contributed by atoms with Crippen LogP contribution in [0.1, 0.15) is 12.8 Å². The van der Waals surface area contributed by atoms with Crippen LogP contribution < -0.4 is 0 Å². The number of allylic oxidation sites excluding steroid dienone is 2. The maximum absolute atomic E-state index is 11.5. The standard InChI is InChI=1S/C9H12N2O2/c1-10-5-11(2)9-7(13)4-3-6(12)8(9)10/h3-5H2,1-2H3. The molecule has 0 amide bonds. The first-order chi connectivity index (χ1) is 6.11. The summed E-state index contributed by atoms with van der Waals surface area (Å²) in [6, 6.07) is 0. The van der Waals surface area contributed by atoms with Crippen molar-refractivity contribution in [3.8, 4) is 0 Å². The summed E-state index contributed by atoms with van der Waals surface area (Å²) >= 11 is 0. The van der Waals surface area contributed by atoms with Gasteiger partial charge >= 0.3 is 0 Å². The minimum atomic E-state index is 0.0986. The second-order valence-corrected chi connectivity index (χ2v) is 3.58. The molecule has 1 aliphatic carbocycles. The van der Waals surface area contributed by atoms with Crippen molar-refractivity contribution in [1.29, 1.82) is 0 Å². The molecule has 70 valence electrons. The molecule has 1 heterocycles. The number of ketones is 2. The molecule has 0 atom stereocenters. The van der Waals surface area contributed by atoms with Crippen molar-refractivity contribution in [3.63, 3.8) is 0 Å². The fourth-order valence-electron chi connectivity index (χ4n) is 1.97. The van der Waals surface area contributed by atoms with Gasteiger partial charge in [0, 0.05) is 26.9 Å². The van der Waals surface area contributed by atoms with Gasteiger partial charge in [0.2, 0.25) is 0 Å². The van der Waals surface area contributed by atoms with Crippen LogP contribution in [0, 0.1) is 0 Å². The lowest BCUT2D eigenvalue weighted by molar-refractivity contribution is -0.123. The van der Waals surface area contributed by atoms with Crippen LogP contribution in [-0.4, -0.2) is 42.1 Å². The highest BCUT2D eigenvalue weighted by atomic mass is 16.1. The number of Topliss-reactive ketones (excluding diaryl/α,β-unsaturated/α-hetero) is 2. The van der Waals surface area contributed by atoms with Gasteiger partial charge < -0.3 is 9.80 Å². The Morgan fingerprint density at radius 2 is 1.31 bits per heavy atom. The average molecular weight is 180 g/mol. The van der Waals surface area contributed by atoms with Crippen molar-refractivity contribution >= 4 is 11.6 Å². The van der Waals surface area contributed by atoms with E-state index >= 15 is 0 Å². The minimum Gasteiger partial charge on any atom is -0.352 e. The Bertz CT molecular complexity index is 290. The molecule has 0 aromatic rings. The molecule has 0 aromatic carbocycles. The van der Waals surface area contributed by atoms with Crippen LogP contribution in [0.15, 0.2) is 11.4 Å². The molecule has 2 aliphatic rings. The summed E-state index contributed by atoms with van der Waals surface area (Å²) in [7, 11) is 3.69. The molecule has 2 rings (SSSR count). The molecule has 4 nitrogen and oxygen atoms in total. The summed E-state index contributed by atoms with van der Waals surface area (Å²) in [6.45, 7) is 0.641. The van der Waals surface area contributed by atoms with E-state index in [2.05, 4.69) is 0 Å². The van der Waals surface area contributed by atoms with E-state index in [0.717, 1.165) is 0 Å². The Morgan fingerprint density at radius 1 is 0.923 bits per heavy atom. The fraction of sp³-hybridized carbons (Fsp3) is 0.556. The third kappa shape index (κ3) is 1.05. The number of hydrogen-bond acceptors (Lipinski definition) is 4. The number of carbonyl (C=O) groups is 2. The lowest BCUT2D eigenvalue weighted by atomic mass is 9.99. The van der Waals surface area contributed by atoms with Gasteiger partial charge in [-0.25, -0.2) is 0 Å². The number of nitrogens with zero attached hydrogens (tertiary/aromatic N) is 2. The van der Waals surface area contributed by atoms with Crippen LogP contribution >= 0.6 is 0 Å². The first-order valence-corrected chi connectivity index (χ1v) is 4.34. The molecule has 0 spiro atoms. The smallest absolute Gasteiger partial charge is 0.181 e. The highest BCUT2D eigenvalue weighted by molar-refractivity contribution is 6.11. The van der Waals surface area contributed by atoms with E-state index in [4.69, 9.17) is 0 Å². The zero-order chi connectivity index (χ0) is 9.59. The first-order valence-electron chi connectivity index (χ1n) is 4.34. The summed E-state index contributed by atoms with van der Waals surface area (Å²) < 4.78 is 0. The molecule has 13 heavy (non-hydrogen) atoms. The molecule has 4 heteroatoms. The Morgan fingerprint density at radius 3 is 1.69 bits per heavy atom. The monoisotopic (exact) mass is 180 g/mol. The second kappa shape index (κ2) is 2.58. The van der Waals surface area contributed by atoms with Crippen molar-refractivity contribution in [2.24, 2.45) is 0 Å². The van der Waals surface area contributed by atoms with Gasteiger partial charge in [-0.15, -0.1) is 0 Å². The Labute approximate surface area is 76.8 Å². The lowest BCUT2D eigenvalue weighted by Crippen LogP contribution is -2.24. The predicted octanol–water partition coefficient (Wildman–Crippen LogP) is -0.0353. The van der Waals surface area contributed by atoms with E-state index in [1.54, 1.807) is 0 Å². The van der Waals surface area contributed by atoms with Crippen molar-refractivity contribution in [2.45, 2.75) is 12.8 Å². The zero-order valence-electron chi connectivity index (χ0n) is 7.83. The first kappa shape index (κ1) is 8.29. The van der Waals surface area contributed by atoms with E-state index in [-0.39, 0.29) is 11.6 Å². The van der Waals surface area contributed by atoms with Gasteiger partial charge in [-0.2, -0.15) is 0 Å². The van der Waals surface area contributed by atoms with Crippen molar-refractivity contribution in [3.05, 3.63) is 11.4 Å². The molecule has 0 aromatic heterocycles. The van der Waals surface area contributed by atoms with Crippen LogP contribution in [-0.2, 0) is 9.59 Å². The average Bonchev–Trinajstić information content (AvgIpc) is 2.36. The highest BCUT2D eigenvalue weighted by Gasteiger charge is 2.36. The van der Waals surface area contributed by atoms with Gasteiger partial charge in [0.15, 0.2) is 11.6 Å². The van der Waals surface area contributed by atoms with Crippen LogP contribution in [0.25, 0.3) is 0 Å². The zero-order valence-corrected chi connectivity index (χ0v) is 7.83. The summed E-state index contributed by atoms with van der Waals surface area (Å²) in [5.41, 5.74) is 1.22. The van der Waals surface area contributed by atoms with Crippen LogP contribution in [0.5, 0.6) is 0 Å². The Kier molecular flexibility index (Phi) is 1.65. The van der Waals surface area contributed by atoms with E-state index in [1.165, 1.54) is 0 Å². The van der Waals surface area contributed by atoms with Crippen LogP contribution in [0.4, 0.5) is 0 Å². The molecule has 1 aliphatic heterocycles. The number of rotatable bonds is 0. The van der Waals surface area contributed by atoms with E-state index < -0.39 is 0 Å². The third-order valence-electron chi connectivity index (χ3n) is 2.52. The predicted molar refractivity (Wildman–Crippen MR) is 46.7 cm³/mol. The minimum absolute atomic E-state index is 0.0986. The lowest BCUT2D eigenvalue weighted by Gasteiger charge is -2.16. The molecule has 0 N–H and O–H groups in total. The fourth-order valence-corrected chi connectivity index (χ4v) is 1.97.